The zero-order chi connectivity index (χ0) is 18.8. The summed E-state index contributed by atoms with van der Waals surface area (Å²) in [6.07, 6.45) is 1.62. The van der Waals surface area contributed by atoms with Crippen molar-refractivity contribution in [1.29, 1.82) is 0 Å². The Bertz CT molecular complexity index is 775. The molecular weight excluding hydrogens is 335 g/mol. The maximum Gasteiger partial charge on any atom is 0.322 e. The topological polar surface area (TPSA) is 57.1 Å². The van der Waals surface area contributed by atoms with Gasteiger partial charge in [0.1, 0.15) is 5.82 Å². The van der Waals surface area contributed by atoms with E-state index in [4.69, 9.17) is 0 Å². The molecule has 0 unspecified atom stereocenters. The number of nitrogens with zero attached hydrogens (tertiary/aromatic N) is 2. The average molecular weight is 359 g/mol. The maximum absolute atomic E-state index is 14.3. The van der Waals surface area contributed by atoms with Gasteiger partial charge in [-0.3, -0.25) is 9.69 Å². The SMILES string of the molecule is C=CCN1C(=O)N[C@@H](c2ccccc2F)C2=C1CN(CC[NH+](C)C)C2=O. The van der Waals surface area contributed by atoms with E-state index in [1.807, 2.05) is 14.1 Å². The number of nitrogens with one attached hydrogen (secondary N) is 2. The highest BCUT2D eigenvalue weighted by Gasteiger charge is 2.44. The Balaban J connectivity index is 2.00. The molecular formula is C19H24FN4O2+. The maximum atomic E-state index is 14.3. The summed E-state index contributed by atoms with van der Waals surface area (Å²) in [5, 5.41) is 2.78. The van der Waals surface area contributed by atoms with E-state index in [2.05, 4.69) is 11.9 Å². The van der Waals surface area contributed by atoms with Crippen LogP contribution in [-0.2, 0) is 4.79 Å². The lowest BCUT2D eigenvalue weighted by molar-refractivity contribution is -0.857. The molecule has 0 aliphatic carbocycles. The minimum absolute atomic E-state index is 0.149. The number of quaternary nitrogens is 1. The van der Waals surface area contributed by atoms with Gasteiger partial charge in [0.2, 0.25) is 0 Å². The van der Waals surface area contributed by atoms with Crippen LogP contribution in [0.15, 0.2) is 48.2 Å². The molecule has 0 radical (unpaired) electrons. The lowest BCUT2D eigenvalue weighted by Gasteiger charge is -2.33. The first-order valence-electron chi connectivity index (χ1n) is 8.68. The van der Waals surface area contributed by atoms with Crippen molar-refractivity contribution in [2.24, 2.45) is 0 Å². The number of carbonyl (C=O) groups excluding carboxylic acids is 2. The molecule has 2 N–H and O–H groups in total. The number of hydrogen-bond donors (Lipinski definition) is 2. The molecule has 1 aromatic carbocycles. The minimum Gasteiger partial charge on any atom is -0.338 e. The number of halogens is 1. The van der Waals surface area contributed by atoms with Crippen LogP contribution in [0.2, 0.25) is 0 Å². The smallest absolute Gasteiger partial charge is 0.322 e. The Morgan fingerprint density at radius 3 is 2.73 bits per heavy atom. The summed E-state index contributed by atoms with van der Waals surface area (Å²) < 4.78 is 14.3. The normalized spacial score (nSPS) is 19.9. The second-order valence-corrected chi connectivity index (χ2v) is 6.85. The van der Waals surface area contributed by atoms with Crippen molar-refractivity contribution < 1.29 is 18.9 Å². The van der Waals surface area contributed by atoms with Crippen molar-refractivity contribution in [1.82, 2.24) is 15.1 Å². The van der Waals surface area contributed by atoms with Crippen molar-refractivity contribution in [3.8, 4) is 0 Å². The first kappa shape index (κ1) is 18.1. The summed E-state index contributed by atoms with van der Waals surface area (Å²) in [4.78, 5) is 30.1. The number of hydrogen-bond acceptors (Lipinski definition) is 2. The van der Waals surface area contributed by atoms with Crippen molar-refractivity contribution in [3.05, 3.63) is 59.6 Å². The Labute approximate surface area is 152 Å². The first-order chi connectivity index (χ1) is 12.4. The van der Waals surface area contributed by atoms with E-state index < -0.39 is 11.9 Å². The monoisotopic (exact) mass is 359 g/mol. The lowest BCUT2D eigenvalue weighted by Crippen LogP contribution is -3.06. The van der Waals surface area contributed by atoms with Crippen LogP contribution in [0.3, 0.4) is 0 Å². The van der Waals surface area contributed by atoms with Gasteiger partial charge in [-0.25, -0.2) is 9.18 Å². The van der Waals surface area contributed by atoms with Crippen LogP contribution in [0.1, 0.15) is 11.6 Å². The molecule has 2 aliphatic rings. The zero-order valence-corrected chi connectivity index (χ0v) is 15.1. The highest BCUT2D eigenvalue weighted by molar-refractivity contribution is 6.01. The van der Waals surface area contributed by atoms with E-state index >= 15 is 0 Å². The Kier molecular flexibility index (Phi) is 5.08. The molecule has 2 aliphatic heterocycles. The molecule has 6 nitrogen and oxygen atoms in total. The predicted octanol–water partition coefficient (Wildman–Crippen LogP) is 0.319. The second-order valence-electron chi connectivity index (χ2n) is 6.85. The molecule has 1 atom stereocenters. The van der Waals surface area contributed by atoms with Crippen LogP contribution < -0.4 is 10.2 Å². The van der Waals surface area contributed by atoms with E-state index in [9.17, 15) is 14.0 Å². The van der Waals surface area contributed by atoms with Gasteiger partial charge >= 0.3 is 6.03 Å². The molecule has 0 bridgehead atoms. The average Bonchev–Trinajstić information content (AvgIpc) is 2.93. The van der Waals surface area contributed by atoms with Crippen molar-refractivity contribution in [2.45, 2.75) is 6.04 Å². The van der Waals surface area contributed by atoms with Crippen LogP contribution in [0, 0.1) is 5.82 Å². The van der Waals surface area contributed by atoms with E-state index in [1.165, 1.54) is 15.9 Å². The number of likely N-dealkylation sites (N-methyl/N-ethyl adjacent to an activating group) is 1. The molecule has 0 saturated carbocycles. The minimum atomic E-state index is -0.774. The van der Waals surface area contributed by atoms with Crippen LogP contribution in [0.4, 0.5) is 9.18 Å². The molecule has 1 aromatic rings. The molecule has 3 rings (SSSR count). The van der Waals surface area contributed by atoms with E-state index in [0.29, 0.717) is 36.5 Å². The zero-order valence-electron chi connectivity index (χ0n) is 15.1. The van der Waals surface area contributed by atoms with E-state index in [1.54, 1.807) is 29.2 Å². The number of benzene rings is 1. The largest absolute Gasteiger partial charge is 0.338 e. The summed E-state index contributed by atoms with van der Waals surface area (Å²) in [5.74, 6) is -0.589. The molecule has 2 heterocycles. The standard InChI is InChI=1S/C19H23FN4O2/c1-4-9-24-15-12-23(11-10-22(2)3)18(25)16(15)17(21-19(24)26)13-7-5-6-8-14(13)20/h4-8,17H,1,9-12H2,2-3H3,(H,21,26)/p+1/t17-/m0/s1. The number of amides is 3. The van der Waals surface area contributed by atoms with E-state index in [-0.39, 0.29) is 11.9 Å². The molecule has 26 heavy (non-hydrogen) atoms. The fourth-order valence-corrected chi connectivity index (χ4v) is 3.35. The van der Waals surface area contributed by atoms with Gasteiger partial charge in [0.25, 0.3) is 5.91 Å². The molecule has 138 valence electrons. The summed E-state index contributed by atoms with van der Waals surface area (Å²) in [5.41, 5.74) is 1.39. The molecule has 7 heteroatoms. The van der Waals surface area contributed by atoms with Gasteiger partial charge in [-0.1, -0.05) is 24.3 Å². The Morgan fingerprint density at radius 2 is 2.08 bits per heavy atom. The fraction of sp³-hybridized carbons (Fsp3) is 0.368. The Morgan fingerprint density at radius 1 is 1.35 bits per heavy atom. The lowest BCUT2D eigenvalue weighted by atomic mass is 9.95. The van der Waals surface area contributed by atoms with Gasteiger partial charge < -0.3 is 15.1 Å². The van der Waals surface area contributed by atoms with Gasteiger partial charge in [0, 0.05) is 12.1 Å². The van der Waals surface area contributed by atoms with Gasteiger partial charge in [0.05, 0.1) is 51.0 Å². The van der Waals surface area contributed by atoms with Crippen LogP contribution in [0.5, 0.6) is 0 Å². The van der Waals surface area contributed by atoms with Gasteiger partial charge in [-0.2, -0.15) is 0 Å². The van der Waals surface area contributed by atoms with Gasteiger partial charge in [-0.15, -0.1) is 6.58 Å². The summed E-state index contributed by atoms with van der Waals surface area (Å²) in [7, 11) is 4.04. The van der Waals surface area contributed by atoms with Gasteiger partial charge in [0.15, 0.2) is 0 Å². The number of carbonyl (C=O) groups is 2. The third-order valence-corrected chi connectivity index (χ3v) is 4.71. The molecule has 0 fully saturated rings. The quantitative estimate of drug-likeness (QED) is 0.719. The predicted molar refractivity (Wildman–Crippen MR) is 95.9 cm³/mol. The summed E-state index contributed by atoms with van der Waals surface area (Å²) >= 11 is 0. The highest BCUT2D eigenvalue weighted by atomic mass is 19.1. The molecule has 0 aromatic heterocycles. The van der Waals surface area contributed by atoms with Crippen LogP contribution in [0.25, 0.3) is 0 Å². The first-order valence-corrected chi connectivity index (χ1v) is 8.68. The molecule has 0 saturated heterocycles. The second kappa shape index (κ2) is 7.29. The summed E-state index contributed by atoms with van der Waals surface area (Å²) in [6, 6.07) is 5.12. The third-order valence-electron chi connectivity index (χ3n) is 4.71. The van der Waals surface area contributed by atoms with Crippen molar-refractivity contribution >= 4 is 11.9 Å². The van der Waals surface area contributed by atoms with Gasteiger partial charge in [-0.05, 0) is 6.07 Å². The highest BCUT2D eigenvalue weighted by Crippen LogP contribution is 2.36. The number of rotatable bonds is 6. The molecule has 0 spiro atoms. The molecule has 3 amide bonds. The van der Waals surface area contributed by atoms with E-state index in [0.717, 1.165) is 6.54 Å². The van der Waals surface area contributed by atoms with Crippen molar-refractivity contribution in [2.75, 3.05) is 40.3 Å². The van der Waals surface area contributed by atoms with Crippen LogP contribution in [-0.4, -0.2) is 62.0 Å². The van der Waals surface area contributed by atoms with Crippen molar-refractivity contribution in [3.63, 3.8) is 0 Å². The summed E-state index contributed by atoms with van der Waals surface area (Å²) in [6.45, 7) is 5.71. The fourth-order valence-electron chi connectivity index (χ4n) is 3.35. The Hall–Kier alpha value is -2.67. The third kappa shape index (κ3) is 3.22. The number of urea groups is 1. The van der Waals surface area contributed by atoms with Crippen LogP contribution >= 0.6 is 0 Å².